The first-order valence-corrected chi connectivity index (χ1v) is 11.9. The van der Waals surface area contributed by atoms with Gasteiger partial charge in [-0.2, -0.15) is 8.42 Å². The van der Waals surface area contributed by atoms with Crippen molar-refractivity contribution in [3.05, 3.63) is 72.3 Å². The summed E-state index contributed by atoms with van der Waals surface area (Å²) in [5.41, 5.74) is 2.62. The predicted octanol–water partition coefficient (Wildman–Crippen LogP) is 3.51. The molecule has 0 unspecified atom stereocenters. The van der Waals surface area contributed by atoms with E-state index in [2.05, 4.69) is 16.3 Å². The molecule has 0 aromatic heterocycles. The summed E-state index contributed by atoms with van der Waals surface area (Å²) in [6.07, 6.45) is 1.38. The first-order chi connectivity index (χ1) is 14.7. The van der Waals surface area contributed by atoms with Crippen molar-refractivity contribution < 1.29 is 18.0 Å². The second-order valence-corrected chi connectivity index (χ2v) is 9.90. The van der Waals surface area contributed by atoms with Gasteiger partial charge in [-0.15, -0.1) is 11.0 Å². The van der Waals surface area contributed by atoms with Crippen LogP contribution >= 0.6 is 11.8 Å². The molecule has 0 bridgehead atoms. The van der Waals surface area contributed by atoms with Gasteiger partial charge in [0.25, 0.3) is 10.0 Å². The summed E-state index contributed by atoms with van der Waals surface area (Å²) in [5, 5.41) is 2.03. The molecule has 1 fully saturated rings. The van der Waals surface area contributed by atoms with E-state index < -0.39 is 15.3 Å². The maximum Gasteiger partial charge on any atom is 0.284 e. The summed E-state index contributed by atoms with van der Waals surface area (Å²) in [5.74, 6) is -0.710. The van der Waals surface area contributed by atoms with Gasteiger partial charge in [-0.3, -0.25) is 14.5 Å². The molecule has 9 heteroatoms. The monoisotopic (exact) mass is 457 g/mol. The molecule has 7 nitrogen and oxygen atoms in total. The largest absolute Gasteiger partial charge is 0.326 e. The Hall–Kier alpha value is -2.91. The van der Waals surface area contributed by atoms with Gasteiger partial charge in [0.15, 0.2) is 5.17 Å². The molecular weight excluding hydrogens is 434 g/mol. The van der Waals surface area contributed by atoms with Crippen LogP contribution in [0.4, 0.5) is 5.69 Å². The van der Waals surface area contributed by atoms with Crippen molar-refractivity contribution in [1.82, 2.24) is 4.90 Å². The van der Waals surface area contributed by atoms with E-state index in [0.717, 1.165) is 22.9 Å². The third-order valence-corrected chi connectivity index (χ3v) is 7.13. The number of amides is 2. The average Bonchev–Trinajstić information content (AvgIpc) is 2.98. The molecule has 31 heavy (non-hydrogen) atoms. The molecule has 2 aromatic carbocycles. The van der Waals surface area contributed by atoms with Crippen molar-refractivity contribution in [2.45, 2.75) is 30.4 Å². The van der Waals surface area contributed by atoms with E-state index in [1.807, 2.05) is 26.0 Å². The Kier molecular flexibility index (Phi) is 6.97. The number of thioether (sulfide) groups is 1. The maximum absolute atomic E-state index is 12.8. The number of carbonyl (C=O) groups excluding carboxylic acids is 2. The Morgan fingerprint density at radius 2 is 1.71 bits per heavy atom. The third kappa shape index (κ3) is 5.62. The zero-order valence-electron chi connectivity index (χ0n) is 17.2. The molecule has 3 rings (SSSR count). The topological polar surface area (TPSA) is 95.9 Å². The molecule has 1 aliphatic rings. The number of nitrogens with zero attached hydrogens (tertiary/aromatic N) is 2. The van der Waals surface area contributed by atoms with Gasteiger partial charge in [0.1, 0.15) is 5.25 Å². The van der Waals surface area contributed by atoms with Gasteiger partial charge < -0.3 is 5.32 Å². The van der Waals surface area contributed by atoms with E-state index >= 15 is 0 Å². The SMILES string of the molecule is C=CCN1C(=O)[C@H](CC(=O)Nc2ccc(C)cc2)SC1=NS(=O)(=O)c1ccc(C)cc1. The molecule has 1 N–H and O–H groups in total. The van der Waals surface area contributed by atoms with Crippen LogP contribution in [0, 0.1) is 13.8 Å². The summed E-state index contributed by atoms with van der Waals surface area (Å²) in [6.45, 7) is 7.52. The Balaban J connectivity index is 1.78. The van der Waals surface area contributed by atoms with Crippen molar-refractivity contribution >= 4 is 44.5 Å². The number of carbonyl (C=O) groups is 2. The van der Waals surface area contributed by atoms with E-state index in [1.165, 1.54) is 23.1 Å². The lowest BCUT2D eigenvalue weighted by Crippen LogP contribution is -2.33. The van der Waals surface area contributed by atoms with Crippen LogP contribution in [0.2, 0.25) is 0 Å². The predicted molar refractivity (Wildman–Crippen MR) is 124 cm³/mol. The highest BCUT2D eigenvalue weighted by atomic mass is 32.2. The summed E-state index contributed by atoms with van der Waals surface area (Å²) >= 11 is 0.971. The first-order valence-electron chi connectivity index (χ1n) is 9.56. The normalized spacial score (nSPS) is 17.7. The second kappa shape index (κ2) is 9.49. The fourth-order valence-corrected chi connectivity index (χ4v) is 5.25. The van der Waals surface area contributed by atoms with Crippen molar-refractivity contribution in [2.75, 3.05) is 11.9 Å². The number of amidine groups is 1. The number of aryl methyl sites for hydroxylation is 2. The third-order valence-electron chi connectivity index (χ3n) is 4.55. The van der Waals surface area contributed by atoms with Crippen LogP contribution in [-0.2, 0) is 19.6 Å². The number of sulfonamides is 1. The second-order valence-electron chi connectivity index (χ2n) is 7.12. The Morgan fingerprint density at radius 1 is 1.13 bits per heavy atom. The highest BCUT2D eigenvalue weighted by Crippen LogP contribution is 2.31. The van der Waals surface area contributed by atoms with E-state index in [1.54, 1.807) is 24.3 Å². The van der Waals surface area contributed by atoms with Crippen molar-refractivity contribution in [3.8, 4) is 0 Å². The van der Waals surface area contributed by atoms with Gasteiger partial charge in [-0.05, 0) is 38.1 Å². The number of benzene rings is 2. The molecule has 0 aliphatic carbocycles. The van der Waals surface area contributed by atoms with Crippen LogP contribution in [0.5, 0.6) is 0 Å². The molecule has 2 aromatic rings. The van der Waals surface area contributed by atoms with Crippen LogP contribution in [0.3, 0.4) is 0 Å². The molecule has 0 radical (unpaired) electrons. The molecule has 2 amide bonds. The summed E-state index contributed by atoms with van der Waals surface area (Å²) in [6, 6.07) is 13.6. The van der Waals surface area contributed by atoms with E-state index in [0.29, 0.717) is 5.69 Å². The Labute approximate surface area is 186 Å². The maximum atomic E-state index is 12.8. The molecule has 0 spiro atoms. The van der Waals surface area contributed by atoms with Crippen LogP contribution in [0.25, 0.3) is 0 Å². The lowest BCUT2D eigenvalue weighted by molar-refractivity contribution is -0.127. The first kappa shape index (κ1) is 22.8. The van der Waals surface area contributed by atoms with E-state index in [9.17, 15) is 18.0 Å². The van der Waals surface area contributed by atoms with Crippen molar-refractivity contribution in [3.63, 3.8) is 0 Å². The highest BCUT2D eigenvalue weighted by Gasteiger charge is 2.39. The van der Waals surface area contributed by atoms with Gasteiger partial charge in [0, 0.05) is 18.7 Å². The fraction of sp³-hybridized carbons (Fsp3) is 0.227. The van der Waals surface area contributed by atoms with Gasteiger partial charge in [0.05, 0.1) is 4.90 Å². The summed E-state index contributed by atoms with van der Waals surface area (Å²) in [7, 11) is -4.00. The number of hydrogen-bond acceptors (Lipinski definition) is 5. The van der Waals surface area contributed by atoms with Gasteiger partial charge in [-0.1, -0.05) is 53.2 Å². The number of rotatable bonds is 7. The van der Waals surface area contributed by atoms with E-state index in [4.69, 9.17) is 0 Å². The van der Waals surface area contributed by atoms with Crippen LogP contribution in [0.15, 0.2) is 70.5 Å². The van der Waals surface area contributed by atoms with Gasteiger partial charge in [-0.25, -0.2) is 0 Å². The molecular formula is C22H23N3O4S2. The Bertz CT molecular complexity index is 1120. The van der Waals surface area contributed by atoms with Crippen LogP contribution < -0.4 is 5.32 Å². The molecule has 1 atom stereocenters. The lowest BCUT2D eigenvalue weighted by atomic mass is 10.2. The number of anilines is 1. The zero-order chi connectivity index (χ0) is 22.6. The molecule has 1 heterocycles. The zero-order valence-corrected chi connectivity index (χ0v) is 18.9. The number of nitrogens with one attached hydrogen (secondary N) is 1. The molecule has 1 saturated heterocycles. The van der Waals surface area contributed by atoms with Crippen LogP contribution in [-0.4, -0.2) is 42.1 Å². The van der Waals surface area contributed by atoms with Crippen LogP contribution in [0.1, 0.15) is 17.5 Å². The van der Waals surface area contributed by atoms with Gasteiger partial charge in [0.2, 0.25) is 11.8 Å². The molecule has 1 aliphatic heterocycles. The number of hydrogen-bond donors (Lipinski definition) is 1. The minimum atomic E-state index is -4.00. The minimum absolute atomic E-state index is 0.0396. The minimum Gasteiger partial charge on any atom is -0.326 e. The fourth-order valence-electron chi connectivity index (χ4n) is 2.89. The molecule has 162 valence electrons. The quantitative estimate of drug-likeness (QED) is 0.642. The lowest BCUT2D eigenvalue weighted by Gasteiger charge is -2.13. The summed E-state index contributed by atoms with van der Waals surface area (Å²) in [4.78, 5) is 26.5. The highest BCUT2D eigenvalue weighted by molar-refractivity contribution is 8.16. The van der Waals surface area contributed by atoms with Crippen molar-refractivity contribution in [1.29, 1.82) is 0 Å². The average molecular weight is 458 g/mol. The molecule has 0 saturated carbocycles. The Morgan fingerprint density at radius 3 is 2.29 bits per heavy atom. The summed E-state index contributed by atoms with van der Waals surface area (Å²) < 4.78 is 29.3. The standard InChI is InChI=1S/C22H23N3O4S2/c1-4-13-25-21(27)19(14-20(26)23-17-9-5-15(2)6-10-17)30-22(25)24-31(28,29)18-11-7-16(3)8-12-18/h4-12,19H,1,13-14H2,2-3H3,(H,23,26)/t19-/m0/s1. The van der Waals surface area contributed by atoms with Crippen molar-refractivity contribution in [2.24, 2.45) is 4.40 Å². The van der Waals surface area contributed by atoms with E-state index in [-0.39, 0.29) is 34.8 Å². The smallest absolute Gasteiger partial charge is 0.284 e. The van der Waals surface area contributed by atoms with Gasteiger partial charge >= 0.3 is 0 Å².